The van der Waals surface area contributed by atoms with Gasteiger partial charge in [0, 0.05) is 6.54 Å². The molecule has 1 aliphatic carbocycles. The van der Waals surface area contributed by atoms with Gasteiger partial charge in [-0.3, -0.25) is 4.79 Å². The predicted octanol–water partition coefficient (Wildman–Crippen LogP) is 2.36. The number of rotatable bonds is 4. The molecule has 0 radical (unpaired) electrons. The highest BCUT2D eigenvalue weighted by molar-refractivity contribution is 7.16. The van der Waals surface area contributed by atoms with E-state index in [0.29, 0.717) is 6.54 Å². The first kappa shape index (κ1) is 11.4. The maximum atomic E-state index is 11.3. The Morgan fingerprint density at radius 3 is 3.00 bits per heavy atom. The minimum Gasteiger partial charge on any atom is -0.481 e. The van der Waals surface area contributed by atoms with Gasteiger partial charge in [-0.25, -0.2) is 9.97 Å². The summed E-state index contributed by atoms with van der Waals surface area (Å²) >= 11 is 1.55. The molecular weight excluding hydrogens is 250 g/mol. The van der Waals surface area contributed by atoms with Gasteiger partial charge in [0.2, 0.25) is 0 Å². The Morgan fingerprint density at radius 1 is 1.50 bits per heavy atom. The van der Waals surface area contributed by atoms with Crippen LogP contribution >= 0.6 is 11.3 Å². The molecule has 2 N–H and O–H groups in total. The van der Waals surface area contributed by atoms with Crippen molar-refractivity contribution in [2.24, 2.45) is 5.41 Å². The van der Waals surface area contributed by atoms with Crippen LogP contribution in [0.15, 0.2) is 17.8 Å². The number of hydrogen-bond donors (Lipinski definition) is 2. The third-order valence-corrected chi connectivity index (χ3v) is 4.44. The third kappa shape index (κ3) is 1.73. The largest absolute Gasteiger partial charge is 0.481 e. The lowest BCUT2D eigenvalue weighted by Crippen LogP contribution is -2.43. The fourth-order valence-electron chi connectivity index (χ4n) is 2.25. The summed E-state index contributed by atoms with van der Waals surface area (Å²) in [4.78, 5) is 20.5. The second-order valence-electron chi connectivity index (χ2n) is 4.65. The van der Waals surface area contributed by atoms with Crippen LogP contribution in [0, 0.1) is 5.41 Å². The number of fused-ring (bicyclic) bond motifs is 1. The van der Waals surface area contributed by atoms with E-state index in [0.717, 1.165) is 35.3 Å². The molecule has 94 valence electrons. The lowest BCUT2D eigenvalue weighted by molar-refractivity contribution is -0.153. The van der Waals surface area contributed by atoms with Gasteiger partial charge in [-0.15, -0.1) is 11.3 Å². The molecule has 0 atom stereocenters. The molecule has 2 aromatic rings. The SMILES string of the molecule is O=C(O)C1(CNc2ncnc3sccc23)CCC1. The van der Waals surface area contributed by atoms with Crippen molar-refractivity contribution in [3.63, 3.8) is 0 Å². The molecule has 0 saturated heterocycles. The maximum absolute atomic E-state index is 11.3. The van der Waals surface area contributed by atoms with Crippen molar-refractivity contribution >= 4 is 33.3 Å². The van der Waals surface area contributed by atoms with Crippen LogP contribution in [0.2, 0.25) is 0 Å². The highest BCUT2D eigenvalue weighted by Gasteiger charge is 2.44. The molecule has 1 fully saturated rings. The zero-order valence-corrected chi connectivity index (χ0v) is 10.5. The van der Waals surface area contributed by atoms with Gasteiger partial charge in [0.25, 0.3) is 0 Å². The van der Waals surface area contributed by atoms with Crippen LogP contribution in [0.5, 0.6) is 0 Å². The number of thiophene rings is 1. The highest BCUT2D eigenvalue weighted by Crippen LogP contribution is 2.41. The Bertz CT molecular complexity index is 592. The van der Waals surface area contributed by atoms with E-state index in [1.807, 2.05) is 11.4 Å². The van der Waals surface area contributed by atoms with Gasteiger partial charge in [0.1, 0.15) is 17.0 Å². The summed E-state index contributed by atoms with van der Waals surface area (Å²) in [6.45, 7) is 0.435. The number of aliphatic carboxylic acids is 1. The van der Waals surface area contributed by atoms with Crippen LogP contribution in [0.25, 0.3) is 10.2 Å². The number of carboxylic acid groups (broad SMARTS) is 1. The molecule has 1 saturated carbocycles. The van der Waals surface area contributed by atoms with Crippen LogP contribution in [0.3, 0.4) is 0 Å². The molecule has 0 bridgehead atoms. The quantitative estimate of drug-likeness (QED) is 0.885. The van der Waals surface area contributed by atoms with Crippen LogP contribution in [-0.4, -0.2) is 27.6 Å². The zero-order valence-electron chi connectivity index (χ0n) is 9.72. The van der Waals surface area contributed by atoms with Gasteiger partial charge < -0.3 is 10.4 Å². The van der Waals surface area contributed by atoms with Crippen LogP contribution in [0.1, 0.15) is 19.3 Å². The number of carboxylic acids is 1. The molecular formula is C12H13N3O2S. The lowest BCUT2D eigenvalue weighted by Gasteiger charge is -2.37. The summed E-state index contributed by atoms with van der Waals surface area (Å²) in [5.41, 5.74) is -0.604. The van der Waals surface area contributed by atoms with E-state index in [9.17, 15) is 9.90 Å². The van der Waals surface area contributed by atoms with Gasteiger partial charge >= 0.3 is 5.97 Å². The Kier molecular flexibility index (Phi) is 2.66. The van der Waals surface area contributed by atoms with E-state index in [2.05, 4.69) is 15.3 Å². The molecule has 0 aromatic carbocycles. The number of hydrogen-bond acceptors (Lipinski definition) is 5. The minimum absolute atomic E-state index is 0.435. The topological polar surface area (TPSA) is 75.1 Å². The molecule has 0 amide bonds. The Hall–Kier alpha value is -1.69. The molecule has 0 spiro atoms. The van der Waals surface area contributed by atoms with E-state index in [-0.39, 0.29) is 0 Å². The summed E-state index contributed by atoms with van der Waals surface area (Å²) in [5.74, 6) is 0.0191. The average Bonchev–Trinajstić information content (AvgIpc) is 2.75. The van der Waals surface area contributed by atoms with Crippen molar-refractivity contribution in [1.82, 2.24) is 9.97 Å². The predicted molar refractivity (Wildman–Crippen MR) is 69.8 cm³/mol. The van der Waals surface area contributed by atoms with E-state index in [1.54, 1.807) is 11.3 Å². The molecule has 2 aromatic heterocycles. The van der Waals surface area contributed by atoms with Crippen molar-refractivity contribution in [2.75, 3.05) is 11.9 Å². The first-order valence-corrected chi connectivity index (χ1v) is 6.75. The van der Waals surface area contributed by atoms with Gasteiger partial charge in [0.05, 0.1) is 10.8 Å². The number of carbonyl (C=O) groups is 1. The van der Waals surface area contributed by atoms with Crippen LogP contribution in [0.4, 0.5) is 5.82 Å². The van der Waals surface area contributed by atoms with Crippen LogP contribution in [-0.2, 0) is 4.79 Å². The van der Waals surface area contributed by atoms with Crippen molar-refractivity contribution in [1.29, 1.82) is 0 Å². The molecule has 5 nitrogen and oxygen atoms in total. The first-order chi connectivity index (χ1) is 8.71. The van der Waals surface area contributed by atoms with E-state index in [4.69, 9.17) is 0 Å². The zero-order chi connectivity index (χ0) is 12.6. The second kappa shape index (κ2) is 4.20. The Labute approximate surface area is 108 Å². The molecule has 6 heteroatoms. The molecule has 0 unspecified atom stereocenters. The van der Waals surface area contributed by atoms with Crippen LogP contribution < -0.4 is 5.32 Å². The molecule has 18 heavy (non-hydrogen) atoms. The van der Waals surface area contributed by atoms with Crippen molar-refractivity contribution < 1.29 is 9.90 Å². The van der Waals surface area contributed by atoms with E-state index in [1.165, 1.54) is 6.33 Å². The van der Waals surface area contributed by atoms with Crippen molar-refractivity contribution in [3.8, 4) is 0 Å². The monoisotopic (exact) mass is 263 g/mol. The normalized spacial score (nSPS) is 17.3. The van der Waals surface area contributed by atoms with Gasteiger partial charge in [-0.1, -0.05) is 6.42 Å². The van der Waals surface area contributed by atoms with E-state index < -0.39 is 11.4 Å². The van der Waals surface area contributed by atoms with Crippen molar-refractivity contribution in [3.05, 3.63) is 17.8 Å². The summed E-state index contributed by atoms with van der Waals surface area (Å²) < 4.78 is 0. The maximum Gasteiger partial charge on any atom is 0.311 e. The van der Waals surface area contributed by atoms with Crippen molar-refractivity contribution in [2.45, 2.75) is 19.3 Å². The number of aromatic nitrogens is 2. The summed E-state index contributed by atoms with van der Waals surface area (Å²) in [5, 5.41) is 15.4. The van der Waals surface area contributed by atoms with Gasteiger partial charge in [0.15, 0.2) is 0 Å². The lowest BCUT2D eigenvalue weighted by atomic mass is 9.69. The highest BCUT2D eigenvalue weighted by atomic mass is 32.1. The number of anilines is 1. The Balaban J connectivity index is 1.81. The second-order valence-corrected chi connectivity index (χ2v) is 5.55. The average molecular weight is 263 g/mol. The molecule has 3 rings (SSSR count). The third-order valence-electron chi connectivity index (χ3n) is 3.62. The smallest absolute Gasteiger partial charge is 0.311 e. The fraction of sp³-hybridized carbons (Fsp3) is 0.417. The molecule has 0 aliphatic heterocycles. The van der Waals surface area contributed by atoms with Gasteiger partial charge in [-0.2, -0.15) is 0 Å². The summed E-state index contributed by atoms with van der Waals surface area (Å²) in [7, 11) is 0. The Morgan fingerprint density at radius 2 is 2.33 bits per heavy atom. The fourth-order valence-corrected chi connectivity index (χ4v) is 2.99. The summed E-state index contributed by atoms with van der Waals surface area (Å²) in [6, 6.07) is 1.95. The standard InChI is InChI=1S/C12H13N3O2S/c16-11(17)12(3-1-4-12)6-13-9-8-2-5-18-10(8)15-7-14-9/h2,5,7H,1,3-4,6H2,(H,16,17)(H,13,14,15). The number of nitrogens with one attached hydrogen (secondary N) is 1. The molecule has 2 heterocycles. The molecule has 1 aliphatic rings. The van der Waals surface area contributed by atoms with E-state index >= 15 is 0 Å². The first-order valence-electron chi connectivity index (χ1n) is 5.87. The van der Waals surface area contributed by atoms with Gasteiger partial charge in [-0.05, 0) is 24.3 Å². The summed E-state index contributed by atoms with van der Waals surface area (Å²) in [6.07, 6.45) is 3.99. The number of nitrogens with zero attached hydrogens (tertiary/aromatic N) is 2. The minimum atomic E-state index is -0.711.